The molecule has 0 aromatic heterocycles. The minimum absolute atomic E-state index is 0.180. The molecule has 1 amide bonds. The average Bonchev–Trinajstić information content (AvgIpc) is 2.68. The van der Waals surface area contributed by atoms with Crippen molar-refractivity contribution < 1.29 is 32.3 Å². The molecule has 3 N–H and O–H groups in total. The molecular weight excluding hydrogens is 438 g/mol. The van der Waals surface area contributed by atoms with Crippen LogP contribution in [0.5, 0.6) is 11.5 Å². The molecule has 0 radical (unpaired) electrons. The molecule has 0 unspecified atom stereocenters. The number of methoxy groups -OCH3 is 2. The first-order valence-electron chi connectivity index (χ1n) is 8.18. The van der Waals surface area contributed by atoms with Gasteiger partial charge in [-0.2, -0.15) is 13.5 Å². The van der Waals surface area contributed by atoms with E-state index in [4.69, 9.17) is 25.6 Å². The number of halogens is 1. The Hall–Kier alpha value is -3.15. The first-order valence-corrected chi connectivity index (χ1v) is 10.0. The number of amides is 1. The van der Waals surface area contributed by atoms with Crippen LogP contribution in [0.3, 0.4) is 0 Å². The van der Waals surface area contributed by atoms with E-state index in [1.165, 1.54) is 45.4 Å². The van der Waals surface area contributed by atoms with E-state index in [-0.39, 0.29) is 27.0 Å². The summed E-state index contributed by atoms with van der Waals surface area (Å²) in [5.41, 5.74) is -0.000255. The predicted octanol–water partition coefficient (Wildman–Crippen LogP) is 4.12. The van der Waals surface area contributed by atoms with Crippen molar-refractivity contribution in [3.63, 3.8) is 0 Å². The third kappa shape index (κ3) is 5.69. The van der Waals surface area contributed by atoms with E-state index in [9.17, 15) is 18.3 Å². The van der Waals surface area contributed by atoms with Crippen LogP contribution in [-0.4, -0.2) is 38.2 Å². The highest BCUT2D eigenvalue weighted by Gasteiger charge is 2.18. The van der Waals surface area contributed by atoms with Gasteiger partial charge in [-0.15, -0.1) is 5.11 Å². The number of carbonyl (C=O) groups excluding carboxylic acids is 1. The van der Waals surface area contributed by atoms with Crippen LogP contribution in [0, 0.1) is 0 Å². The van der Waals surface area contributed by atoms with Gasteiger partial charge >= 0.3 is 0 Å². The van der Waals surface area contributed by atoms with Crippen LogP contribution in [0.25, 0.3) is 0 Å². The van der Waals surface area contributed by atoms with Gasteiger partial charge in [0, 0.05) is 12.1 Å². The van der Waals surface area contributed by atoms with Crippen LogP contribution in [0.4, 0.5) is 11.4 Å². The van der Waals surface area contributed by atoms with Crippen molar-refractivity contribution in [2.75, 3.05) is 19.5 Å². The summed E-state index contributed by atoms with van der Waals surface area (Å²) in [6.45, 7) is 1.25. The van der Waals surface area contributed by atoms with Crippen molar-refractivity contribution in [1.82, 2.24) is 0 Å². The lowest BCUT2D eigenvalue weighted by atomic mass is 10.2. The molecule has 2 rings (SSSR count). The molecule has 30 heavy (non-hydrogen) atoms. The molecule has 12 heteroatoms. The molecule has 0 aliphatic rings. The second-order valence-corrected chi connectivity index (χ2v) is 7.57. The summed E-state index contributed by atoms with van der Waals surface area (Å²) in [4.78, 5) is 12.3. The number of allylic oxidation sites excluding steroid dienone is 1. The van der Waals surface area contributed by atoms with Crippen LogP contribution in [-0.2, 0) is 14.9 Å². The molecule has 0 atom stereocenters. The summed E-state index contributed by atoms with van der Waals surface area (Å²) in [5.74, 6) is -0.664. The van der Waals surface area contributed by atoms with E-state index in [1.54, 1.807) is 0 Å². The van der Waals surface area contributed by atoms with Crippen LogP contribution in [0.2, 0.25) is 5.02 Å². The third-order valence-corrected chi connectivity index (χ3v) is 4.84. The normalized spacial score (nSPS) is 12.4. The number of aliphatic hydroxyl groups excluding tert-OH is 1. The molecule has 0 aliphatic heterocycles. The summed E-state index contributed by atoms with van der Waals surface area (Å²) < 4.78 is 41.4. The van der Waals surface area contributed by atoms with Crippen LogP contribution < -0.4 is 14.8 Å². The quantitative estimate of drug-likeness (QED) is 0.246. The van der Waals surface area contributed by atoms with Gasteiger partial charge in [-0.25, -0.2) is 0 Å². The fraction of sp³-hybridized carbons (Fsp3) is 0.167. The van der Waals surface area contributed by atoms with Crippen LogP contribution in [0.1, 0.15) is 6.92 Å². The largest absolute Gasteiger partial charge is 0.510 e. The molecule has 160 valence electrons. The second-order valence-electron chi connectivity index (χ2n) is 5.74. The number of hydrogen-bond donors (Lipinski definition) is 3. The maximum atomic E-state index is 12.6. The summed E-state index contributed by atoms with van der Waals surface area (Å²) in [7, 11) is -1.55. The predicted molar refractivity (Wildman–Crippen MR) is 109 cm³/mol. The van der Waals surface area contributed by atoms with Gasteiger partial charge in [-0.05, 0) is 31.2 Å². The summed E-state index contributed by atoms with van der Waals surface area (Å²) in [6.07, 6.45) is 0. The van der Waals surface area contributed by atoms with E-state index in [0.717, 1.165) is 12.1 Å². The van der Waals surface area contributed by atoms with Crippen molar-refractivity contribution >= 4 is 39.0 Å². The monoisotopic (exact) mass is 455 g/mol. The van der Waals surface area contributed by atoms with Gasteiger partial charge in [-0.3, -0.25) is 9.35 Å². The fourth-order valence-electron chi connectivity index (χ4n) is 2.21. The number of aliphatic hydroxyl groups is 1. The maximum Gasteiger partial charge on any atom is 0.294 e. The SMILES string of the molecule is COc1cc(NC(=O)C(N=Nc2ccc(S(=O)(=O)O)cc2)=C(C)O)c(OC)cc1Cl. The van der Waals surface area contributed by atoms with Crippen LogP contribution in [0.15, 0.2) is 63.0 Å². The number of benzene rings is 2. The first kappa shape index (κ1) is 23.1. The Balaban J connectivity index is 2.28. The molecule has 10 nitrogen and oxygen atoms in total. The van der Waals surface area contributed by atoms with Gasteiger partial charge in [0.05, 0.1) is 35.5 Å². The minimum Gasteiger partial charge on any atom is -0.510 e. The minimum atomic E-state index is -4.35. The second kappa shape index (κ2) is 9.57. The molecule has 0 bridgehead atoms. The Bertz CT molecular complexity index is 1110. The zero-order valence-electron chi connectivity index (χ0n) is 16.1. The van der Waals surface area contributed by atoms with Crippen molar-refractivity contribution in [2.45, 2.75) is 11.8 Å². The lowest BCUT2D eigenvalue weighted by Crippen LogP contribution is -2.15. The van der Waals surface area contributed by atoms with Gasteiger partial charge in [0.15, 0.2) is 5.70 Å². The molecule has 2 aromatic carbocycles. The standard InChI is InChI=1S/C18H18ClN3O7S/c1-10(23)17(22-21-11-4-6-12(7-5-11)30(25,26)27)18(24)20-14-9-15(28-2)13(19)8-16(14)29-3/h4-9,23H,1-3H3,(H,20,24)(H,25,26,27). The van der Waals surface area contributed by atoms with Gasteiger partial charge < -0.3 is 19.9 Å². The van der Waals surface area contributed by atoms with E-state index in [1.807, 2.05) is 0 Å². The van der Waals surface area contributed by atoms with E-state index >= 15 is 0 Å². The number of rotatable bonds is 7. The average molecular weight is 456 g/mol. The van der Waals surface area contributed by atoms with Crippen LogP contribution >= 0.6 is 11.6 Å². The molecule has 2 aromatic rings. The molecule has 0 fully saturated rings. The molecule has 0 spiro atoms. The highest BCUT2D eigenvalue weighted by molar-refractivity contribution is 7.85. The summed E-state index contributed by atoms with van der Waals surface area (Å²) in [5, 5.41) is 20.2. The van der Waals surface area contributed by atoms with Crippen molar-refractivity contribution in [1.29, 1.82) is 0 Å². The molecule has 0 saturated heterocycles. The summed E-state index contributed by atoms with van der Waals surface area (Å²) in [6, 6.07) is 7.65. The Morgan fingerprint density at radius 2 is 1.70 bits per heavy atom. The maximum absolute atomic E-state index is 12.6. The highest BCUT2D eigenvalue weighted by atomic mass is 35.5. The lowest BCUT2D eigenvalue weighted by molar-refractivity contribution is -0.113. The third-order valence-electron chi connectivity index (χ3n) is 3.68. The Morgan fingerprint density at radius 3 is 2.20 bits per heavy atom. The number of ether oxygens (including phenoxy) is 2. The van der Waals surface area contributed by atoms with Gasteiger partial charge in [0.1, 0.15) is 17.3 Å². The Morgan fingerprint density at radius 1 is 1.10 bits per heavy atom. The Kier molecular flexibility index (Phi) is 7.38. The van der Waals surface area contributed by atoms with Gasteiger partial charge in [-0.1, -0.05) is 11.6 Å². The zero-order valence-corrected chi connectivity index (χ0v) is 17.7. The number of anilines is 1. The van der Waals surface area contributed by atoms with Gasteiger partial charge in [0.25, 0.3) is 16.0 Å². The van der Waals surface area contributed by atoms with Crippen molar-refractivity contribution in [3.05, 3.63) is 52.9 Å². The van der Waals surface area contributed by atoms with E-state index < -0.39 is 27.5 Å². The first-order chi connectivity index (χ1) is 14.1. The van der Waals surface area contributed by atoms with E-state index in [2.05, 4.69) is 15.5 Å². The number of azo groups is 1. The lowest BCUT2D eigenvalue weighted by Gasteiger charge is -2.13. The Labute approximate surface area is 177 Å². The molecule has 0 aliphatic carbocycles. The smallest absolute Gasteiger partial charge is 0.294 e. The number of nitrogens with zero attached hydrogens (tertiary/aromatic N) is 2. The topological polar surface area (TPSA) is 147 Å². The number of nitrogens with one attached hydrogen (secondary N) is 1. The van der Waals surface area contributed by atoms with Gasteiger partial charge in [0.2, 0.25) is 0 Å². The molecule has 0 saturated carbocycles. The number of carbonyl (C=O) groups is 1. The molecular formula is C18H18ClN3O7S. The van der Waals surface area contributed by atoms with E-state index in [0.29, 0.717) is 5.75 Å². The van der Waals surface area contributed by atoms with Crippen molar-refractivity contribution in [2.24, 2.45) is 10.2 Å². The summed E-state index contributed by atoms with van der Waals surface area (Å²) >= 11 is 6.03. The highest BCUT2D eigenvalue weighted by Crippen LogP contribution is 2.36. The fourth-order valence-corrected chi connectivity index (χ4v) is 2.93. The molecule has 0 heterocycles. The number of hydrogen-bond acceptors (Lipinski definition) is 8. The zero-order chi connectivity index (χ0) is 22.5. The van der Waals surface area contributed by atoms with Crippen molar-refractivity contribution in [3.8, 4) is 11.5 Å².